The molecule has 0 bridgehead atoms. The lowest BCUT2D eigenvalue weighted by Crippen LogP contribution is -1.94. The number of halogens is 1. The SMILES string of the molecule is C/C(=C\Sc1ccc(F)cc1)C(=O)O. The van der Waals surface area contributed by atoms with Crippen molar-refractivity contribution in [2.75, 3.05) is 0 Å². The van der Waals surface area contributed by atoms with Gasteiger partial charge in [0.05, 0.1) is 0 Å². The summed E-state index contributed by atoms with van der Waals surface area (Å²) in [5, 5.41) is 10.1. The molecule has 0 aliphatic rings. The molecule has 74 valence electrons. The van der Waals surface area contributed by atoms with E-state index >= 15 is 0 Å². The first-order valence-corrected chi connectivity index (χ1v) is 4.80. The van der Waals surface area contributed by atoms with E-state index in [4.69, 9.17) is 5.11 Å². The molecule has 0 saturated heterocycles. The number of carboxylic acid groups (broad SMARTS) is 1. The van der Waals surface area contributed by atoms with Crippen molar-refractivity contribution in [3.05, 3.63) is 41.1 Å². The molecule has 0 heterocycles. The Morgan fingerprint density at radius 2 is 2.00 bits per heavy atom. The second-order valence-electron chi connectivity index (χ2n) is 2.68. The number of benzene rings is 1. The fourth-order valence-corrected chi connectivity index (χ4v) is 1.43. The van der Waals surface area contributed by atoms with Crippen LogP contribution in [0.3, 0.4) is 0 Å². The van der Waals surface area contributed by atoms with Crippen molar-refractivity contribution in [1.82, 2.24) is 0 Å². The first-order chi connectivity index (χ1) is 6.59. The normalized spacial score (nSPS) is 11.4. The molecule has 0 fully saturated rings. The molecule has 0 radical (unpaired) electrons. The summed E-state index contributed by atoms with van der Waals surface area (Å²) in [6.07, 6.45) is 0. The number of carbonyl (C=O) groups is 1. The summed E-state index contributed by atoms with van der Waals surface area (Å²) in [7, 11) is 0. The average molecular weight is 212 g/mol. The van der Waals surface area contributed by atoms with Gasteiger partial charge in [0, 0.05) is 10.5 Å². The maximum Gasteiger partial charge on any atom is 0.331 e. The second-order valence-corrected chi connectivity index (χ2v) is 3.62. The molecular formula is C10H9FO2S. The summed E-state index contributed by atoms with van der Waals surface area (Å²) in [4.78, 5) is 11.2. The Morgan fingerprint density at radius 1 is 1.43 bits per heavy atom. The lowest BCUT2D eigenvalue weighted by molar-refractivity contribution is -0.132. The summed E-state index contributed by atoms with van der Waals surface area (Å²) in [6.45, 7) is 1.51. The number of carboxylic acids is 1. The Bertz CT molecular complexity index is 357. The summed E-state index contributed by atoms with van der Waals surface area (Å²) in [6, 6.07) is 5.88. The second kappa shape index (κ2) is 4.81. The monoisotopic (exact) mass is 212 g/mol. The maximum atomic E-state index is 12.5. The van der Waals surface area contributed by atoms with Crippen LogP contribution in [0.15, 0.2) is 40.1 Å². The fourth-order valence-electron chi connectivity index (χ4n) is 0.720. The smallest absolute Gasteiger partial charge is 0.331 e. The highest BCUT2D eigenvalue weighted by Gasteiger charge is 1.99. The fraction of sp³-hybridized carbons (Fsp3) is 0.100. The number of hydrogen-bond donors (Lipinski definition) is 1. The molecule has 2 nitrogen and oxygen atoms in total. The molecule has 4 heteroatoms. The van der Waals surface area contributed by atoms with Crippen LogP contribution < -0.4 is 0 Å². The van der Waals surface area contributed by atoms with Gasteiger partial charge in [-0.25, -0.2) is 9.18 Å². The molecule has 0 aliphatic heterocycles. The van der Waals surface area contributed by atoms with Crippen molar-refractivity contribution in [1.29, 1.82) is 0 Å². The van der Waals surface area contributed by atoms with Gasteiger partial charge < -0.3 is 5.11 Å². The summed E-state index contributed by atoms with van der Waals surface area (Å²) < 4.78 is 12.5. The van der Waals surface area contributed by atoms with Gasteiger partial charge in [-0.15, -0.1) is 0 Å². The third-order valence-corrected chi connectivity index (χ3v) is 2.54. The van der Waals surface area contributed by atoms with Gasteiger partial charge in [0.2, 0.25) is 0 Å². The van der Waals surface area contributed by atoms with Crippen molar-refractivity contribution in [2.24, 2.45) is 0 Å². The molecule has 0 aromatic heterocycles. The molecule has 14 heavy (non-hydrogen) atoms. The third kappa shape index (κ3) is 3.22. The molecule has 0 atom stereocenters. The molecule has 1 rings (SSSR count). The van der Waals surface area contributed by atoms with Gasteiger partial charge in [0.1, 0.15) is 5.82 Å². The molecular weight excluding hydrogens is 203 g/mol. The Morgan fingerprint density at radius 3 is 2.50 bits per heavy atom. The lowest BCUT2D eigenvalue weighted by atomic mass is 10.3. The van der Waals surface area contributed by atoms with E-state index in [1.54, 1.807) is 12.1 Å². The Kier molecular flexibility index (Phi) is 3.71. The van der Waals surface area contributed by atoms with Crippen molar-refractivity contribution in [2.45, 2.75) is 11.8 Å². The Labute approximate surface area is 85.4 Å². The number of rotatable bonds is 3. The number of thioether (sulfide) groups is 1. The largest absolute Gasteiger partial charge is 0.478 e. The van der Waals surface area contributed by atoms with Crippen LogP contribution in [-0.2, 0) is 4.79 Å². The van der Waals surface area contributed by atoms with Crippen molar-refractivity contribution >= 4 is 17.7 Å². The lowest BCUT2D eigenvalue weighted by Gasteiger charge is -1.96. The van der Waals surface area contributed by atoms with Crippen LogP contribution in [0, 0.1) is 5.82 Å². The van der Waals surface area contributed by atoms with Gasteiger partial charge in [-0.3, -0.25) is 0 Å². The summed E-state index contributed by atoms with van der Waals surface area (Å²) in [5.74, 6) is -1.24. The van der Waals surface area contributed by atoms with E-state index in [-0.39, 0.29) is 11.4 Å². The minimum Gasteiger partial charge on any atom is -0.478 e. The predicted molar refractivity (Wildman–Crippen MR) is 53.6 cm³/mol. The quantitative estimate of drug-likeness (QED) is 0.618. The molecule has 0 amide bonds. The van der Waals surface area contributed by atoms with E-state index in [1.807, 2.05) is 0 Å². The van der Waals surface area contributed by atoms with Crippen molar-refractivity contribution in [3.63, 3.8) is 0 Å². The van der Waals surface area contributed by atoms with Gasteiger partial charge in [-0.1, -0.05) is 11.8 Å². The van der Waals surface area contributed by atoms with Crippen molar-refractivity contribution in [3.8, 4) is 0 Å². The molecule has 0 saturated carbocycles. The van der Waals surface area contributed by atoms with Gasteiger partial charge in [0.15, 0.2) is 0 Å². The van der Waals surface area contributed by atoms with E-state index in [0.717, 1.165) is 4.90 Å². The van der Waals surface area contributed by atoms with Crippen LogP contribution in [0.5, 0.6) is 0 Å². The number of hydrogen-bond acceptors (Lipinski definition) is 2. The first kappa shape index (κ1) is 10.8. The van der Waals surface area contributed by atoms with Crippen LogP contribution in [-0.4, -0.2) is 11.1 Å². The molecule has 1 aromatic carbocycles. The van der Waals surface area contributed by atoms with E-state index in [0.29, 0.717) is 0 Å². The van der Waals surface area contributed by atoms with Crippen LogP contribution in [0.25, 0.3) is 0 Å². The zero-order valence-corrected chi connectivity index (χ0v) is 8.34. The highest BCUT2D eigenvalue weighted by molar-refractivity contribution is 8.02. The molecule has 0 unspecified atom stereocenters. The molecule has 1 aromatic rings. The van der Waals surface area contributed by atoms with Gasteiger partial charge in [-0.2, -0.15) is 0 Å². The maximum absolute atomic E-state index is 12.5. The zero-order chi connectivity index (χ0) is 10.6. The third-order valence-electron chi connectivity index (χ3n) is 1.52. The average Bonchev–Trinajstić information content (AvgIpc) is 2.16. The Hall–Kier alpha value is -1.29. The van der Waals surface area contributed by atoms with Crippen LogP contribution >= 0.6 is 11.8 Å². The topological polar surface area (TPSA) is 37.3 Å². The highest BCUT2D eigenvalue weighted by Crippen LogP contribution is 2.20. The van der Waals surface area contributed by atoms with Crippen LogP contribution in [0.1, 0.15) is 6.92 Å². The van der Waals surface area contributed by atoms with Gasteiger partial charge in [-0.05, 0) is 36.6 Å². The molecule has 0 spiro atoms. The van der Waals surface area contributed by atoms with E-state index in [2.05, 4.69) is 0 Å². The summed E-state index contributed by atoms with van der Waals surface area (Å²) >= 11 is 1.26. The van der Waals surface area contributed by atoms with Crippen LogP contribution in [0.2, 0.25) is 0 Å². The first-order valence-electron chi connectivity index (χ1n) is 3.92. The minimum absolute atomic E-state index is 0.263. The van der Waals surface area contributed by atoms with E-state index in [1.165, 1.54) is 36.2 Å². The van der Waals surface area contributed by atoms with Gasteiger partial charge in [0.25, 0.3) is 0 Å². The van der Waals surface area contributed by atoms with E-state index < -0.39 is 5.97 Å². The van der Waals surface area contributed by atoms with Gasteiger partial charge >= 0.3 is 5.97 Å². The highest BCUT2D eigenvalue weighted by atomic mass is 32.2. The summed E-state index contributed by atoms with van der Waals surface area (Å²) in [5.41, 5.74) is 0.263. The standard InChI is InChI=1S/C10H9FO2S/c1-7(10(12)13)6-14-9-4-2-8(11)3-5-9/h2-6H,1H3,(H,12,13)/b7-6+. The molecule has 1 N–H and O–H groups in total. The van der Waals surface area contributed by atoms with E-state index in [9.17, 15) is 9.18 Å². The van der Waals surface area contributed by atoms with Crippen LogP contribution in [0.4, 0.5) is 4.39 Å². The minimum atomic E-state index is -0.945. The van der Waals surface area contributed by atoms with Crippen molar-refractivity contribution < 1.29 is 14.3 Å². The Balaban J connectivity index is 2.66. The number of aliphatic carboxylic acids is 1. The molecule has 0 aliphatic carbocycles. The zero-order valence-electron chi connectivity index (χ0n) is 7.53. The predicted octanol–water partition coefficient (Wildman–Crippen LogP) is 2.91.